The number of nitrogens with zero attached hydrogens (tertiary/aromatic N) is 2. The molecule has 0 unspecified atom stereocenters. The van der Waals surface area contributed by atoms with Crippen LogP contribution in [0.2, 0.25) is 5.02 Å². The number of anilines is 1. The summed E-state index contributed by atoms with van der Waals surface area (Å²) >= 11 is 7.54. The zero-order valence-electron chi connectivity index (χ0n) is 10.1. The highest BCUT2D eigenvalue weighted by Crippen LogP contribution is 2.16. The fourth-order valence-corrected chi connectivity index (χ4v) is 2.22. The Kier molecular flexibility index (Phi) is 4.84. The maximum Gasteiger partial charge on any atom is 0.187 e. The number of nitrogens with one attached hydrogen (secondary N) is 1. The van der Waals surface area contributed by atoms with Crippen molar-refractivity contribution in [3.63, 3.8) is 0 Å². The minimum atomic E-state index is 0.745. The van der Waals surface area contributed by atoms with Crippen molar-refractivity contribution in [1.82, 2.24) is 9.97 Å². The molecule has 0 aliphatic rings. The Morgan fingerprint density at radius 3 is 2.78 bits per heavy atom. The van der Waals surface area contributed by atoms with Gasteiger partial charge in [0.05, 0.1) is 0 Å². The van der Waals surface area contributed by atoms with E-state index in [1.165, 1.54) is 0 Å². The Balaban J connectivity index is 1.74. The number of rotatable bonds is 5. The van der Waals surface area contributed by atoms with Crippen LogP contribution in [0.4, 0.5) is 5.69 Å². The number of aromatic nitrogens is 2. The highest BCUT2D eigenvalue weighted by atomic mass is 35.5. The largest absolute Gasteiger partial charge is 0.384 e. The minimum Gasteiger partial charge on any atom is -0.384 e. The monoisotopic (exact) mass is 279 g/mol. The van der Waals surface area contributed by atoms with Gasteiger partial charge in [-0.1, -0.05) is 29.4 Å². The van der Waals surface area contributed by atoms with E-state index >= 15 is 0 Å². The second-order valence-corrected chi connectivity index (χ2v) is 5.33. The van der Waals surface area contributed by atoms with Crippen molar-refractivity contribution in [2.45, 2.75) is 12.1 Å². The Hall–Kier alpha value is -1.26. The van der Waals surface area contributed by atoms with Gasteiger partial charge >= 0.3 is 0 Å². The quantitative estimate of drug-likeness (QED) is 0.515. The van der Waals surface area contributed by atoms with E-state index in [4.69, 9.17) is 11.6 Å². The second kappa shape index (κ2) is 6.61. The molecule has 0 spiro atoms. The first-order chi connectivity index (χ1) is 8.74. The molecular weight excluding hydrogens is 266 g/mol. The fourth-order valence-electron chi connectivity index (χ4n) is 1.39. The molecule has 5 heteroatoms. The van der Waals surface area contributed by atoms with Crippen LogP contribution < -0.4 is 5.32 Å². The molecule has 1 aromatic carbocycles. The summed E-state index contributed by atoms with van der Waals surface area (Å²) in [6, 6.07) is 7.70. The molecule has 2 aromatic rings. The average molecular weight is 280 g/mol. The smallest absolute Gasteiger partial charge is 0.187 e. The van der Waals surface area contributed by atoms with Crippen molar-refractivity contribution in [3.8, 4) is 0 Å². The van der Waals surface area contributed by atoms with Crippen LogP contribution in [0.1, 0.15) is 5.56 Å². The van der Waals surface area contributed by atoms with E-state index < -0.39 is 0 Å². The zero-order valence-corrected chi connectivity index (χ0v) is 11.6. The molecule has 0 radical (unpaired) electrons. The number of benzene rings is 1. The average Bonchev–Trinajstić information content (AvgIpc) is 2.37. The highest BCUT2D eigenvalue weighted by Gasteiger charge is 1.97. The predicted molar refractivity (Wildman–Crippen MR) is 77.4 cm³/mol. The molecule has 0 bridgehead atoms. The highest BCUT2D eigenvalue weighted by molar-refractivity contribution is 7.99. The van der Waals surface area contributed by atoms with E-state index in [0.29, 0.717) is 0 Å². The van der Waals surface area contributed by atoms with Gasteiger partial charge in [-0.15, -0.1) is 0 Å². The molecule has 94 valence electrons. The van der Waals surface area contributed by atoms with Gasteiger partial charge in [-0.05, 0) is 30.7 Å². The lowest BCUT2D eigenvalue weighted by Gasteiger charge is -2.05. The molecule has 2 rings (SSSR count). The third-order valence-electron chi connectivity index (χ3n) is 2.24. The van der Waals surface area contributed by atoms with Gasteiger partial charge in [-0.2, -0.15) is 0 Å². The van der Waals surface area contributed by atoms with Gasteiger partial charge in [-0.25, -0.2) is 9.97 Å². The lowest BCUT2D eigenvalue weighted by Crippen LogP contribution is -2.04. The van der Waals surface area contributed by atoms with E-state index in [2.05, 4.69) is 15.3 Å². The van der Waals surface area contributed by atoms with Crippen LogP contribution in [-0.2, 0) is 0 Å². The summed E-state index contributed by atoms with van der Waals surface area (Å²) in [5.41, 5.74) is 2.12. The maximum atomic E-state index is 5.90. The topological polar surface area (TPSA) is 37.8 Å². The molecular formula is C13H14ClN3S. The summed E-state index contributed by atoms with van der Waals surface area (Å²) < 4.78 is 0. The van der Waals surface area contributed by atoms with Crippen molar-refractivity contribution in [3.05, 3.63) is 47.2 Å². The molecule has 0 saturated carbocycles. The second-order valence-electron chi connectivity index (χ2n) is 3.83. The normalized spacial score (nSPS) is 10.3. The van der Waals surface area contributed by atoms with Crippen molar-refractivity contribution >= 4 is 29.1 Å². The Bertz CT molecular complexity index is 502. The number of thioether (sulfide) groups is 1. The summed E-state index contributed by atoms with van der Waals surface area (Å²) in [6.45, 7) is 2.83. The van der Waals surface area contributed by atoms with Crippen molar-refractivity contribution in [2.24, 2.45) is 0 Å². The molecule has 0 amide bonds. The van der Waals surface area contributed by atoms with Crippen molar-refractivity contribution < 1.29 is 0 Å². The molecule has 18 heavy (non-hydrogen) atoms. The van der Waals surface area contributed by atoms with Gasteiger partial charge in [0.1, 0.15) is 0 Å². The summed E-state index contributed by atoms with van der Waals surface area (Å²) in [6.07, 6.45) is 3.67. The Morgan fingerprint density at radius 2 is 2.06 bits per heavy atom. The predicted octanol–water partition coefficient (Wildman–Crippen LogP) is 3.64. The minimum absolute atomic E-state index is 0.745. The van der Waals surface area contributed by atoms with Gasteiger partial charge in [0.2, 0.25) is 0 Å². The Morgan fingerprint density at radius 1 is 1.28 bits per heavy atom. The lowest BCUT2D eigenvalue weighted by atomic mass is 10.3. The maximum absolute atomic E-state index is 5.90. The molecule has 1 N–H and O–H groups in total. The van der Waals surface area contributed by atoms with Crippen LogP contribution >= 0.6 is 23.4 Å². The first kappa shape index (κ1) is 13.2. The van der Waals surface area contributed by atoms with Crippen LogP contribution in [0.5, 0.6) is 0 Å². The molecule has 0 aliphatic heterocycles. The summed E-state index contributed by atoms with van der Waals surface area (Å²) in [5, 5.41) is 4.86. The zero-order chi connectivity index (χ0) is 12.8. The Labute approximate surface area is 116 Å². The van der Waals surface area contributed by atoms with Gasteiger partial charge < -0.3 is 5.32 Å². The molecule has 0 saturated heterocycles. The SMILES string of the molecule is Cc1cnc(SCCNc2cccc(Cl)c2)nc1. The lowest BCUT2D eigenvalue weighted by molar-refractivity contribution is 0.949. The van der Waals surface area contributed by atoms with E-state index in [1.54, 1.807) is 11.8 Å². The van der Waals surface area contributed by atoms with E-state index in [0.717, 1.165) is 33.7 Å². The van der Waals surface area contributed by atoms with Crippen LogP contribution in [-0.4, -0.2) is 22.3 Å². The van der Waals surface area contributed by atoms with Gasteiger partial charge in [-0.3, -0.25) is 0 Å². The first-order valence-electron chi connectivity index (χ1n) is 5.65. The van der Waals surface area contributed by atoms with Gasteiger partial charge in [0.15, 0.2) is 5.16 Å². The third-order valence-corrected chi connectivity index (χ3v) is 3.36. The molecule has 0 aliphatic carbocycles. The van der Waals surface area contributed by atoms with Crippen LogP contribution in [0.25, 0.3) is 0 Å². The van der Waals surface area contributed by atoms with E-state index in [9.17, 15) is 0 Å². The van der Waals surface area contributed by atoms with Crippen molar-refractivity contribution in [2.75, 3.05) is 17.6 Å². The van der Waals surface area contributed by atoms with Gasteiger partial charge in [0, 0.05) is 35.4 Å². The van der Waals surface area contributed by atoms with Crippen LogP contribution in [0.3, 0.4) is 0 Å². The standard InChI is InChI=1S/C13H14ClN3S/c1-10-8-16-13(17-9-10)18-6-5-15-12-4-2-3-11(14)7-12/h2-4,7-9,15H,5-6H2,1H3. The fraction of sp³-hybridized carbons (Fsp3) is 0.231. The van der Waals surface area contributed by atoms with Gasteiger partial charge in [0.25, 0.3) is 0 Å². The van der Waals surface area contributed by atoms with E-state index in [-0.39, 0.29) is 0 Å². The summed E-state index contributed by atoms with van der Waals surface area (Å²) in [7, 11) is 0. The summed E-state index contributed by atoms with van der Waals surface area (Å²) in [5.74, 6) is 0.912. The van der Waals surface area contributed by atoms with Crippen LogP contribution in [0.15, 0.2) is 41.8 Å². The van der Waals surface area contributed by atoms with Crippen molar-refractivity contribution in [1.29, 1.82) is 0 Å². The number of aryl methyl sites for hydroxylation is 1. The molecule has 0 atom stereocenters. The molecule has 3 nitrogen and oxygen atoms in total. The molecule has 1 aromatic heterocycles. The number of halogens is 1. The molecule has 0 fully saturated rings. The first-order valence-corrected chi connectivity index (χ1v) is 7.01. The third kappa shape index (κ3) is 4.20. The number of hydrogen-bond acceptors (Lipinski definition) is 4. The van der Waals surface area contributed by atoms with E-state index in [1.807, 2.05) is 43.6 Å². The molecule has 1 heterocycles. The van der Waals surface area contributed by atoms with Crippen LogP contribution in [0, 0.1) is 6.92 Å². The number of hydrogen-bond donors (Lipinski definition) is 1. The summed E-state index contributed by atoms with van der Waals surface area (Å²) in [4.78, 5) is 8.48.